The maximum Gasteiger partial charge on any atom is 0.408 e. The van der Waals surface area contributed by atoms with Crippen molar-refractivity contribution in [1.29, 1.82) is 0 Å². The number of anilines is 1. The topological polar surface area (TPSA) is 108 Å². The van der Waals surface area contributed by atoms with Crippen LogP contribution in [0.2, 0.25) is 0 Å². The fourth-order valence-corrected chi connectivity index (χ4v) is 4.14. The van der Waals surface area contributed by atoms with Crippen molar-refractivity contribution in [3.8, 4) is 0 Å². The minimum atomic E-state index is -1.08. The van der Waals surface area contributed by atoms with E-state index in [4.69, 9.17) is 4.74 Å². The van der Waals surface area contributed by atoms with Gasteiger partial charge in [-0.25, -0.2) is 4.79 Å². The number of nitrogens with zero attached hydrogens (tertiary/aromatic N) is 1. The Bertz CT molecular complexity index is 1230. The van der Waals surface area contributed by atoms with Crippen LogP contribution in [0.5, 0.6) is 0 Å². The number of carbonyl (C=O) groups is 3. The van der Waals surface area contributed by atoms with Gasteiger partial charge in [0.15, 0.2) is 0 Å². The average Bonchev–Trinajstić information content (AvgIpc) is 2.86. The molecule has 3 N–H and O–H groups in total. The third kappa shape index (κ3) is 7.71. The van der Waals surface area contributed by atoms with E-state index >= 15 is 0 Å². The summed E-state index contributed by atoms with van der Waals surface area (Å²) in [6, 6.07) is 20.0. The van der Waals surface area contributed by atoms with Crippen LogP contribution in [0.25, 0.3) is 10.8 Å². The third-order valence-electron chi connectivity index (χ3n) is 5.49. The molecule has 3 rings (SSSR count). The molecule has 0 saturated heterocycles. The first-order valence-electron chi connectivity index (χ1n) is 12.0. The summed E-state index contributed by atoms with van der Waals surface area (Å²) < 4.78 is 5.28. The molecule has 0 radical (unpaired) electrons. The first kappa shape index (κ1) is 28.0. The number of fused-ring (bicyclic) bond motifs is 1. The van der Waals surface area contributed by atoms with E-state index in [0.717, 1.165) is 10.8 Å². The summed E-state index contributed by atoms with van der Waals surface area (Å²) in [5.74, 6) is -1.07. The van der Waals surface area contributed by atoms with Crippen LogP contribution in [0.4, 0.5) is 10.5 Å². The minimum absolute atomic E-state index is 0.0339. The van der Waals surface area contributed by atoms with Crippen LogP contribution in [-0.2, 0) is 14.3 Å². The zero-order valence-corrected chi connectivity index (χ0v) is 22.1. The molecular formula is C28H33N3O5S. The Morgan fingerprint density at radius 3 is 2.24 bits per heavy atom. The van der Waals surface area contributed by atoms with Crippen LogP contribution < -0.4 is 10.6 Å². The first-order chi connectivity index (χ1) is 17.6. The summed E-state index contributed by atoms with van der Waals surface area (Å²) in [6.45, 7) is 4.62. The smallest absolute Gasteiger partial charge is 0.408 e. The summed E-state index contributed by atoms with van der Waals surface area (Å²) in [7, 11) is 0. The highest BCUT2D eigenvalue weighted by atomic mass is 32.1. The average molecular weight is 524 g/mol. The van der Waals surface area contributed by atoms with Crippen molar-refractivity contribution in [2.45, 2.75) is 38.5 Å². The molecule has 0 aliphatic rings. The highest BCUT2D eigenvalue weighted by Crippen LogP contribution is 2.26. The molecule has 8 nitrogen and oxygen atoms in total. The van der Waals surface area contributed by atoms with Gasteiger partial charge in [-0.15, -0.1) is 0 Å². The number of thiol groups is 1. The Morgan fingerprint density at radius 2 is 1.62 bits per heavy atom. The van der Waals surface area contributed by atoms with E-state index < -0.39 is 35.6 Å². The number of amides is 3. The Hall–Kier alpha value is -3.56. The molecule has 3 amide bonds. The molecule has 37 heavy (non-hydrogen) atoms. The van der Waals surface area contributed by atoms with Gasteiger partial charge in [0.05, 0.1) is 6.61 Å². The molecule has 0 heterocycles. The highest BCUT2D eigenvalue weighted by molar-refractivity contribution is 7.80. The molecule has 3 aromatic carbocycles. The molecule has 2 unspecified atom stereocenters. The lowest BCUT2D eigenvalue weighted by Gasteiger charge is -2.33. The number of aliphatic hydroxyl groups is 1. The second-order valence-electron chi connectivity index (χ2n) is 9.50. The zero-order chi connectivity index (χ0) is 27.0. The Labute approximate surface area is 222 Å². The van der Waals surface area contributed by atoms with Gasteiger partial charge in [0, 0.05) is 18.0 Å². The molecular weight excluding hydrogens is 490 g/mol. The second-order valence-corrected chi connectivity index (χ2v) is 9.87. The van der Waals surface area contributed by atoms with Gasteiger partial charge < -0.3 is 25.4 Å². The largest absolute Gasteiger partial charge is 0.444 e. The standard InChI is InChI=1S/C28H33N3O5S/c1-28(2,3)36-27(35)30-23(18-37)26(34)31(15-16-32)24(20-10-5-4-6-11-20)25(33)29-22-14-13-19-9-7-8-12-21(19)17-22/h4-14,17,23-24,32,37H,15-16,18H2,1-3H3,(H,29,33)(H,30,35). The highest BCUT2D eigenvalue weighted by Gasteiger charge is 2.35. The molecule has 0 aliphatic carbocycles. The van der Waals surface area contributed by atoms with Crippen molar-refractivity contribution < 1.29 is 24.2 Å². The lowest BCUT2D eigenvalue weighted by atomic mass is 10.0. The number of carbonyl (C=O) groups excluding carboxylic acids is 3. The summed E-state index contributed by atoms with van der Waals surface area (Å²) >= 11 is 4.24. The monoisotopic (exact) mass is 523 g/mol. The van der Waals surface area contributed by atoms with Gasteiger partial charge in [-0.2, -0.15) is 12.6 Å². The SMILES string of the molecule is CC(C)(C)OC(=O)NC(CS)C(=O)N(CCO)C(C(=O)Nc1ccc2ccccc2c1)c1ccccc1. The van der Waals surface area contributed by atoms with Crippen molar-refractivity contribution in [3.63, 3.8) is 0 Å². The molecule has 0 aromatic heterocycles. The second kappa shape index (κ2) is 12.6. The summed E-state index contributed by atoms with van der Waals surface area (Å²) in [5.41, 5.74) is 0.363. The van der Waals surface area contributed by atoms with Gasteiger partial charge in [-0.1, -0.05) is 60.7 Å². The van der Waals surface area contributed by atoms with Crippen molar-refractivity contribution in [3.05, 3.63) is 78.4 Å². The van der Waals surface area contributed by atoms with Crippen molar-refractivity contribution in [2.24, 2.45) is 0 Å². The molecule has 0 bridgehead atoms. The number of nitrogens with one attached hydrogen (secondary N) is 2. The Kier molecular flexibility index (Phi) is 9.54. The lowest BCUT2D eigenvalue weighted by Crippen LogP contribution is -2.53. The number of rotatable bonds is 9. The fraction of sp³-hybridized carbons (Fsp3) is 0.321. The van der Waals surface area contributed by atoms with Crippen molar-refractivity contribution in [1.82, 2.24) is 10.2 Å². The van der Waals surface area contributed by atoms with Gasteiger partial charge in [-0.05, 0) is 49.2 Å². The Balaban J connectivity index is 1.92. The predicted octanol–water partition coefficient (Wildman–Crippen LogP) is 4.16. The quantitative estimate of drug-likeness (QED) is 0.315. The maximum absolute atomic E-state index is 13.7. The molecule has 0 aliphatic heterocycles. The van der Waals surface area contributed by atoms with Crippen molar-refractivity contribution >= 4 is 47.0 Å². The molecule has 0 saturated carbocycles. The van der Waals surface area contributed by atoms with Crippen LogP contribution in [0.15, 0.2) is 72.8 Å². The maximum atomic E-state index is 13.7. The van der Waals surface area contributed by atoms with Gasteiger partial charge >= 0.3 is 6.09 Å². The van der Waals surface area contributed by atoms with E-state index in [1.165, 1.54) is 4.90 Å². The molecule has 2 atom stereocenters. The fourth-order valence-electron chi connectivity index (χ4n) is 3.90. The minimum Gasteiger partial charge on any atom is -0.444 e. The van der Waals surface area contributed by atoms with E-state index in [0.29, 0.717) is 11.3 Å². The van der Waals surface area contributed by atoms with Gasteiger partial charge in [0.1, 0.15) is 17.7 Å². The van der Waals surface area contributed by atoms with E-state index in [9.17, 15) is 19.5 Å². The zero-order valence-electron chi connectivity index (χ0n) is 21.2. The number of benzene rings is 3. The van der Waals surface area contributed by atoms with Gasteiger partial charge in [0.25, 0.3) is 5.91 Å². The number of alkyl carbamates (subject to hydrolysis) is 1. The van der Waals surface area contributed by atoms with Gasteiger partial charge in [-0.3, -0.25) is 9.59 Å². The molecule has 3 aromatic rings. The molecule has 0 fully saturated rings. The van der Waals surface area contributed by atoms with Crippen LogP contribution in [0, 0.1) is 0 Å². The number of hydrogen-bond donors (Lipinski definition) is 4. The van der Waals surface area contributed by atoms with Crippen molar-refractivity contribution in [2.75, 3.05) is 24.2 Å². The van der Waals surface area contributed by atoms with E-state index in [-0.39, 0.29) is 18.9 Å². The number of hydrogen-bond acceptors (Lipinski definition) is 6. The van der Waals surface area contributed by atoms with E-state index in [2.05, 4.69) is 23.3 Å². The molecule has 196 valence electrons. The normalized spacial score (nSPS) is 12.9. The van der Waals surface area contributed by atoms with Gasteiger partial charge in [0.2, 0.25) is 5.91 Å². The van der Waals surface area contributed by atoms with E-state index in [1.807, 2.05) is 36.4 Å². The molecule has 0 spiro atoms. The van der Waals surface area contributed by atoms with Crippen LogP contribution in [0.1, 0.15) is 32.4 Å². The molecule has 9 heteroatoms. The van der Waals surface area contributed by atoms with Crippen LogP contribution in [0.3, 0.4) is 0 Å². The predicted molar refractivity (Wildman–Crippen MR) is 148 cm³/mol. The lowest BCUT2D eigenvalue weighted by molar-refractivity contribution is -0.140. The number of ether oxygens (including phenoxy) is 1. The summed E-state index contributed by atoms with van der Waals surface area (Å²) in [5, 5.41) is 17.2. The summed E-state index contributed by atoms with van der Waals surface area (Å²) in [4.78, 5) is 40.9. The Morgan fingerprint density at radius 1 is 0.973 bits per heavy atom. The third-order valence-corrected chi connectivity index (χ3v) is 5.85. The summed E-state index contributed by atoms with van der Waals surface area (Å²) in [6.07, 6.45) is -0.777. The number of aliphatic hydroxyl groups excluding tert-OH is 1. The van der Waals surface area contributed by atoms with Crippen LogP contribution in [-0.4, -0.2) is 58.5 Å². The van der Waals surface area contributed by atoms with Crippen LogP contribution >= 0.6 is 12.6 Å². The van der Waals surface area contributed by atoms with E-state index in [1.54, 1.807) is 57.2 Å². The first-order valence-corrected chi connectivity index (χ1v) is 12.6.